The molecule has 0 saturated carbocycles. The van der Waals surface area contributed by atoms with Crippen LogP contribution in [0.25, 0.3) is 16.5 Å². The molecule has 8 heteroatoms. The molecule has 2 rings (SSSR count). The van der Waals surface area contributed by atoms with Crippen LogP contribution in [0.2, 0.25) is 0 Å². The molecule has 1 aromatic carbocycles. The Morgan fingerprint density at radius 3 is 2.93 bits per heavy atom. The minimum Gasteiger partial charge on any atom is -0.507 e. The standard InChI is InChI=1S/C20H23N3O5/c21-23-22-10-6-12-27-17-13-15-7-2-1-3-8-16(24)9-4-5-11-28-20(26)19(15)18(25)14-17/h2,4-5,7,13-14,25H,1,3,6,8-12H2. The van der Waals surface area contributed by atoms with Gasteiger partial charge in [0.1, 0.15) is 29.5 Å². The second-order valence-electron chi connectivity index (χ2n) is 6.17. The predicted molar refractivity (Wildman–Crippen MR) is 104 cm³/mol. The van der Waals surface area contributed by atoms with Crippen molar-refractivity contribution in [3.63, 3.8) is 0 Å². The van der Waals surface area contributed by atoms with E-state index in [0.29, 0.717) is 56.6 Å². The third-order valence-electron chi connectivity index (χ3n) is 4.01. The van der Waals surface area contributed by atoms with Gasteiger partial charge < -0.3 is 14.6 Å². The van der Waals surface area contributed by atoms with Crippen LogP contribution in [0.1, 0.15) is 48.0 Å². The lowest BCUT2D eigenvalue weighted by atomic mass is 10.0. The van der Waals surface area contributed by atoms with E-state index < -0.39 is 5.97 Å². The van der Waals surface area contributed by atoms with E-state index in [1.54, 1.807) is 24.3 Å². The fourth-order valence-corrected chi connectivity index (χ4v) is 2.64. The fourth-order valence-electron chi connectivity index (χ4n) is 2.64. The average molecular weight is 385 g/mol. The van der Waals surface area contributed by atoms with Crippen LogP contribution in [0.4, 0.5) is 0 Å². The molecule has 0 aliphatic carbocycles. The van der Waals surface area contributed by atoms with Crippen LogP contribution in [-0.4, -0.2) is 36.6 Å². The highest BCUT2D eigenvalue weighted by atomic mass is 16.5. The topological polar surface area (TPSA) is 122 Å². The smallest absolute Gasteiger partial charge is 0.342 e. The summed E-state index contributed by atoms with van der Waals surface area (Å²) in [4.78, 5) is 26.8. The Labute approximate surface area is 163 Å². The first-order valence-electron chi connectivity index (χ1n) is 9.13. The Balaban J connectivity index is 2.21. The van der Waals surface area contributed by atoms with Gasteiger partial charge in [-0.15, -0.1) is 0 Å². The van der Waals surface area contributed by atoms with Gasteiger partial charge in [-0.25, -0.2) is 4.79 Å². The Kier molecular flexibility index (Phi) is 8.62. The zero-order valence-corrected chi connectivity index (χ0v) is 15.5. The van der Waals surface area contributed by atoms with Gasteiger partial charge in [0.15, 0.2) is 0 Å². The largest absolute Gasteiger partial charge is 0.507 e. The number of aromatic hydroxyl groups is 1. The van der Waals surface area contributed by atoms with Crippen molar-refractivity contribution in [3.05, 3.63) is 51.9 Å². The zero-order chi connectivity index (χ0) is 20.2. The quantitative estimate of drug-likeness (QED) is 0.202. The van der Waals surface area contributed by atoms with Crippen LogP contribution in [0, 0.1) is 0 Å². The monoisotopic (exact) mass is 385 g/mol. The van der Waals surface area contributed by atoms with Crippen LogP contribution < -0.4 is 4.74 Å². The first-order chi connectivity index (χ1) is 13.6. The molecule has 0 spiro atoms. The van der Waals surface area contributed by atoms with Crippen LogP contribution in [0.15, 0.2) is 35.5 Å². The van der Waals surface area contributed by atoms with Crippen molar-refractivity contribution in [2.45, 2.75) is 32.1 Å². The summed E-state index contributed by atoms with van der Waals surface area (Å²) < 4.78 is 10.7. The number of esters is 1. The Bertz CT molecular complexity index is 810. The molecule has 8 nitrogen and oxygen atoms in total. The third-order valence-corrected chi connectivity index (χ3v) is 4.01. The predicted octanol–water partition coefficient (Wildman–Crippen LogP) is 4.34. The molecule has 0 amide bonds. The number of nitrogens with zero attached hydrogens (tertiary/aromatic N) is 3. The second kappa shape index (κ2) is 11.5. The summed E-state index contributed by atoms with van der Waals surface area (Å²) in [6.45, 7) is 0.635. The van der Waals surface area contributed by atoms with Gasteiger partial charge in [-0.05, 0) is 36.4 Å². The molecule has 1 heterocycles. The van der Waals surface area contributed by atoms with E-state index in [9.17, 15) is 14.7 Å². The molecule has 1 aliphatic rings. The van der Waals surface area contributed by atoms with Crippen LogP contribution in [0.5, 0.6) is 11.5 Å². The van der Waals surface area contributed by atoms with E-state index in [4.69, 9.17) is 15.0 Å². The summed E-state index contributed by atoms with van der Waals surface area (Å²) in [6, 6.07) is 3.01. The minimum atomic E-state index is -0.653. The van der Waals surface area contributed by atoms with Gasteiger partial charge in [-0.3, -0.25) is 4.79 Å². The van der Waals surface area contributed by atoms with Gasteiger partial charge in [0.25, 0.3) is 0 Å². The molecule has 148 valence electrons. The van der Waals surface area contributed by atoms with E-state index >= 15 is 0 Å². The highest BCUT2D eigenvalue weighted by Crippen LogP contribution is 2.30. The number of rotatable bonds is 5. The number of azide groups is 1. The summed E-state index contributed by atoms with van der Waals surface area (Å²) in [5, 5.41) is 13.8. The molecular formula is C20H23N3O5. The Hall–Kier alpha value is -3.25. The number of phenols is 1. The maximum Gasteiger partial charge on any atom is 0.342 e. The lowest BCUT2D eigenvalue weighted by Crippen LogP contribution is -2.09. The number of benzene rings is 1. The first kappa shape index (κ1) is 21.1. The van der Waals surface area contributed by atoms with Crippen LogP contribution in [0.3, 0.4) is 0 Å². The number of allylic oxidation sites excluding steroid dienone is 2. The zero-order valence-electron chi connectivity index (χ0n) is 15.5. The SMILES string of the molecule is [N-]=[N+]=NCCCOc1cc(O)c2c(c1)C=CCCCC(=O)CC=CCOC2=O. The summed E-state index contributed by atoms with van der Waals surface area (Å²) in [5.41, 5.74) is 8.81. The molecule has 0 radical (unpaired) electrons. The van der Waals surface area contributed by atoms with Crippen molar-refractivity contribution in [1.82, 2.24) is 0 Å². The van der Waals surface area contributed by atoms with E-state index in [1.165, 1.54) is 6.07 Å². The van der Waals surface area contributed by atoms with E-state index in [2.05, 4.69) is 10.0 Å². The van der Waals surface area contributed by atoms with Crippen molar-refractivity contribution in [3.8, 4) is 11.5 Å². The van der Waals surface area contributed by atoms with Crippen molar-refractivity contribution < 1.29 is 24.2 Å². The summed E-state index contributed by atoms with van der Waals surface area (Å²) in [7, 11) is 0. The number of ketones is 1. The molecule has 0 fully saturated rings. The summed E-state index contributed by atoms with van der Waals surface area (Å²) >= 11 is 0. The normalized spacial score (nSPS) is 15.1. The lowest BCUT2D eigenvalue weighted by Gasteiger charge is -2.12. The summed E-state index contributed by atoms with van der Waals surface area (Å²) in [6.07, 6.45) is 9.60. The van der Waals surface area contributed by atoms with Crippen LogP contribution in [-0.2, 0) is 9.53 Å². The number of fused-ring (bicyclic) bond motifs is 1. The highest BCUT2D eigenvalue weighted by Gasteiger charge is 2.18. The fraction of sp³-hybridized carbons (Fsp3) is 0.400. The molecule has 28 heavy (non-hydrogen) atoms. The minimum absolute atomic E-state index is 0.0202. The van der Waals surface area contributed by atoms with Gasteiger partial charge in [0, 0.05) is 30.4 Å². The van der Waals surface area contributed by atoms with E-state index in [1.807, 2.05) is 6.08 Å². The van der Waals surface area contributed by atoms with Crippen molar-refractivity contribution in [1.29, 1.82) is 0 Å². The van der Waals surface area contributed by atoms with Gasteiger partial charge >= 0.3 is 5.97 Å². The molecule has 0 atom stereocenters. The molecule has 0 aromatic heterocycles. The Morgan fingerprint density at radius 1 is 1.25 bits per heavy atom. The van der Waals surface area contributed by atoms with Gasteiger partial charge in [0.2, 0.25) is 0 Å². The molecule has 0 bridgehead atoms. The second-order valence-corrected chi connectivity index (χ2v) is 6.17. The molecule has 1 N–H and O–H groups in total. The van der Waals surface area contributed by atoms with E-state index in [0.717, 1.165) is 0 Å². The molecule has 1 aromatic rings. The lowest BCUT2D eigenvalue weighted by molar-refractivity contribution is -0.118. The van der Waals surface area contributed by atoms with Gasteiger partial charge in [-0.2, -0.15) is 0 Å². The average Bonchev–Trinajstić information content (AvgIpc) is 2.66. The maximum absolute atomic E-state index is 12.4. The number of phenolic OH excluding ortho intramolecular Hbond substituents is 1. The number of carbonyl (C=O) groups excluding carboxylic acids is 2. The maximum atomic E-state index is 12.4. The van der Waals surface area contributed by atoms with E-state index in [-0.39, 0.29) is 23.7 Å². The molecule has 0 unspecified atom stereocenters. The van der Waals surface area contributed by atoms with Gasteiger partial charge in [-0.1, -0.05) is 29.4 Å². The highest BCUT2D eigenvalue weighted by molar-refractivity contribution is 5.97. The molecular weight excluding hydrogens is 362 g/mol. The van der Waals surface area contributed by atoms with Gasteiger partial charge in [0.05, 0.1) is 6.61 Å². The first-order valence-corrected chi connectivity index (χ1v) is 9.13. The molecule has 1 aliphatic heterocycles. The van der Waals surface area contributed by atoms with Crippen LogP contribution >= 0.6 is 0 Å². The Morgan fingerprint density at radius 2 is 2.11 bits per heavy atom. The van der Waals surface area contributed by atoms with Crippen molar-refractivity contribution >= 4 is 17.8 Å². The summed E-state index contributed by atoms with van der Waals surface area (Å²) in [5.74, 6) is -0.350. The number of ether oxygens (including phenoxy) is 2. The van der Waals surface area contributed by atoms with Crippen molar-refractivity contribution in [2.24, 2.45) is 5.11 Å². The number of hydrogen-bond donors (Lipinski definition) is 1. The number of Topliss-reactive ketones (excluding diaryl/α,β-unsaturated/α-hetero) is 1. The number of cyclic esters (lactones) is 1. The molecule has 0 saturated heterocycles. The number of hydrogen-bond acceptors (Lipinski definition) is 6. The third kappa shape index (κ3) is 6.81. The van der Waals surface area contributed by atoms with Crippen molar-refractivity contribution in [2.75, 3.05) is 19.8 Å². The number of carbonyl (C=O) groups is 2.